The Balaban J connectivity index is 1.83. The Morgan fingerprint density at radius 1 is 0.921 bits per heavy atom. The standard InChI is InChI=1S/C25H26O13/c1-10(26)35-9-19-21(30)22(31)23(32)25(38-19)37-18-8-13-14(28)6-12(27)7-15(13)36-24(18)11-4-16(33-2)20(29)17(5-11)34-3/h4-8,19,21-23,25,30-32H,9H2,1-3H3,(H2-,27,28,29)/p+1/t19-,21+,22+,23-,25-/m1/s1. The van der Waals surface area contributed by atoms with Crippen molar-refractivity contribution in [2.45, 2.75) is 37.6 Å². The molecule has 13 nitrogen and oxygen atoms in total. The van der Waals surface area contributed by atoms with E-state index >= 15 is 0 Å². The van der Waals surface area contributed by atoms with Crippen molar-refractivity contribution in [3.05, 3.63) is 30.3 Å². The zero-order chi connectivity index (χ0) is 27.7. The summed E-state index contributed by atoms with van der Waals surface area (Å²) in [6.45, 7) is 0.726. The fourth-order valence-electron chi connectivity index (χ4n) is 3.97. The van der Waals surface area contributed by atoms with E-state index in [1.807, 2.05) is 0 Å². The molecule has 1 saturated heterocycles. The fraction of sp³-hybridized carbons (Fsp3) is 0.360. The Kier molecular flexibility index (Phi) is 7.64. The molecule has 204 valence electrons. The normalized spacial score (nSPS) is 23.2. The topological polar surface area (TPSA) is 196 Å². The van der Waals surface area contributed by atoms with Crippen molar-refractivity contribution >= 4 is 16.9 Å². The third-order valence-corrected chi connectivity index (χ3v) is 5.92. The Morgan fingerprint density at radius 3 is 2.18 bits per heavy atom. The number of hydrogen-bond acceptors (Lipinski definition) is 12. The Labute approximate surface area is 215 Å². The molecule has 0 radical (unpaired) electrons. The van der Waals surface area contributed by atoms with E-state index in [-0.39, 0.29) is 56.8 Å². The molecule has 1 fully saturated rings. The first kappa shape index (κ1) is 27.0. The monoisotopic (exact) mass is 535 g/mol. The van der Waals surface area contributed by atoms with Crippen molar-refractivity contribution in [2.75, 3.05) is 20.8 Å². The number of rotatable bonds is 7. The van der Waals surface area contributed by atoms with E-state index in [2.05, 4.69) is 0 Å². The third kappa shape index (κ3) is 5.17. The molecule has 38 heavy (non-hydrogen) atoms. The molecular formula is C25H27O13+. The van der Waals surface area contributed by atoms with Gasteiger partial charge in [-0.15, -0.1) is 0 Å². The first-order valence-corrected chi connectivity index (χ1v) is 11.3. The molecule has 1 aliphatic heterocycles. The number of benzene rings is 2. The minimum absolute atomic E-state index is 0.0216. The Hall–Kier alpha value is -4.04. The van der Waals surface area contributed by atoms with E-state index in [1.54, 1.807) is 0 Å². The van der Waals surface area contributed by atoms with Crippen LogP contribution in [0.15, 0.2) is 34.7 Å². The minimum Gasteiger partial charge on any atom is -0.507 e. The van der Waals surface area contributed by atoms with Crippen LogP contribution in [0.25, 0.3) is 22.3 Å². The number of aliphatic hydroxyl groups excluding tert-OH is 3. The van der Waals surface area contributed by atoms with E-state index < -0.39 is 43.3 Å². The van der Waals surface area contributed by atoms with Crippen molar-refractivity contribution in [3.8, 4) is 45.8 Å². The van der Waals surface area contributed by atoms with Gasteiger partial charge in [0.1, 0.15) is 47.9 Å². The molecule has 0 saturated carbocycles. The van der Waals surface area contributed by atoms with Gasteiger partial charge in [-0.2, -0.15) is 0 Å². The van der Waals surface area contributed by atoms with Crippen LogP contribution in [0.5, 0.6) is 34.5 Å². The molecular weight excluding hydrogens is 508 g/mol. The molecule has 3 aromatic rings. The van der Waals surface area contributed by atoms with Gasteiger partial charge in [-0.05, 0) is 0 Å². The van der Waals surface area contributed by atoms with Crippen LogP contribution in [0.4, 0.5) is 0 Å². The highest BCUT2D eigenvalue weighted by Gasteiger charge is 2.46. The third-order valence-electron chi connectivity index (χ3n) is 5.92. The lowest BCUT2D eigenvalue weighted by atomic mass is 9.99. The maximum atomic E-state index is 11.2. The van der Waals surface area contributed by atoms with Gasteiger partial charge in [-0.25, -0.2) is 4.42 Å². The molecule has 4 rings (SSSR count). The average molecular weight is 535 g/mol. The van der Waals surface area contributed by atoms with Gasteiger partial charge < -0.3 is 54.3 Å². The van der Waals surface area contributed by atoms with Crippen LogP contribution < -0.4 is 14.2 Å². The molecule has 0 unspecified atom stereocenters. The van der Waals surface area contributed by atoms with E-state index in [4.69, 9.17) is 28.1 Å². The fourth-order valence-corrected chi connectivity index (χ4v) is 3.97. The molecule has 2 aromatic carbocycles. The predicted molar refractivity (Wildman–Crippen MR) is 128 cm³/mol. The molecule has 0 bridgehead atoms. The van der Waals surface area contributed by atoms with Crippen LogP contribution in [0.2, 0.25) is 0 Å². The van der Waals surface area contributed by atoms with Gasteiger partial charge in [-0.1, -0.05) is 0 Å². The number of methoxy groups -OCH3 is 2. The summed E-state index contributed by atoms with van der Waals surface area (Å²) in [7, 11) is 2.65. The largest absolute Gasteiger partial charge is 0.507 e. The van der Waals surface area contributed by atoms with Crippen LogP contribution >= 0.6 is 0 Å². The Bertz CT molecular complexity index is 1320. The lowest BCUT2D eigenvalue weighted by molar-refractivity contribution is -0.278. The summed E-state index contributed by atoms with van der Waals surface area (Å²) < 4.78 is 32.7. The van der Waals surface area contributed by atoms with Crippen LogP contribution in [0.3, 0.4) is 0 Å². The second-order valence-corrected chi connectivity index (χ2v) is 8.48. The first-order valence-electron chi connectivity index (χ1n) is 11.3. The maximum Gasteiger partial charge on any atom is 0.402 e. The zero-order valence-corrected chi connectivity index (χ0v) is 20.5. The minimum atomic E-state index is -1.75. The lowest BCUT2D eigenvalue weighted by Gasteiger charge is -2.39. The van der Waals surface area contributed by atoms with Gasteiger partial charge >= 0.3 is 17.3 Å². The molecule has 5 atom stereocenters. The molecule has 0 amide bonds. The van der Waals surface area contributed by atoms with E-state index in [0.29, 0.717) is 0 Å². The van der Waals surface area contributed by atoms with Crippen LogP contribution in [-0.4, -0.2) is 88.1 Å². The number of aromatic hydroxyl groups is 3. The molecule has 6 N–H and O–H groups in total. The number of fused-ring (bicyclic) bond motifs is 1. The number of carbonyl (C=O) groups is 1. The smallest absolute Gasteiger partial charge is 0.402 e. The molecule has 0 aliphatic carbocycles. The van der Waals surface area contributed by atoms with Gasteiger partial charge in [-0.3, -0.25) is 4.79 Å². The van der Waals surface area contributed by atoms with Gasteiger partial charge in [0, 0.05) is 31.2 Å². The van der Waals surface area contributed by atoms with Crippen molar-refractivity contribution in [3.63, 3.8) is 0 Å². The summed E-state index contributed by atoms with van der Waals surface area (Å²) in [4.78, 5) is 11.2. The summed E-state index contributed by atoms with van der Waals surface area (Å²) >= 11 is 0. The molecule has 0 spiro atoms. The zero-order valence-electron chi connectivity index (χ0n) is 20.5. The summed E-state index contributed by atoms with van der Waals surface area (Å²) in [5, 5.41) is 62.0. The van der Waals surface area contributed by atoms with Crippen molar-refractivity contribution in [1.82, 2.24) is 0 Å². The number of carbonyl (C=O) groups excluding carboxylic acids is 1. The van der Waals surface area contributed by atoms with Gasteiger partial charge in [0.05, 0.1) is 25.8 Å². The van der Waals surface area contributed by atoms with Crippen molar-refractivity contribution < 1.29 is 63.5 Å². The highest BCUT2D eigenvalue weighted by Crippen LogP contribution is 2.45. The summed E-state index contributed by atoms with van der Waals surface area (Å²) in [6, 6.07) is 6.47. The summed E-state index contributed by atoms with van der Waals surface area (Å²) in [5.41, 5.74) is 0.294. The number of ether oxygens (including phenoxy) is 5. The first-order chi connectivity index (χ1) is 18.0. The average Bonchev–Trinajstić information content (AvgIpc) is 2.88. The number of esters is 1. The highest BCUT2D eigenvalue weighted by molar-refractivity contribution is 5.88. The Morgan fingerprint density at radius 2 is 1.58 bits per heavy atom. The molecule has 1 aliphatic rings. The maximum absolute atomic E-state index is 11.2. The number of aliphatic hydroxyl groups is 3. The van der Waals surface area contributed by atoms with E-state index in [9.17, 15) is 35.4 Å². The van der Waals surface area contributed by atoms with Gasteiger partial charge in [0.2, 0.25) is 17.8 Å². The van der Waals surface area contributed by atoms with Crippen molar-refractivity contribution in [1.29, 1.82) is 0 Å². The predicted octanol–water partition coefficient (Wildman–Crippen LogP) is 1.26. The number of hydrogen-bond donors (Lipinski definition) is 6. The summed E-state index contributed by atoms with van der Waals surface area (Å²) in [5.74, 6) is -1.68. The number of phenols is 3. The van der Waals surface area contributed by atoms with E-state index in [0.717, 1.165) is 13.0 Å². The molecule has 13 heteroatoms. The SMILES string of the molecule is COc1cc(-c2[o+]c3cc(O)cc(O)c3cc2O[C@@H]2O[C@H](COC(C)=O)[C@H](O)[C@H](O)[C@H]2O)cc(OC)c1O. The van der Waals surface area contributed by atoms with E-state index in [1.165, 1.54) is 38.5 Å². The second-order valence-electron chi connectivity index (χ2n) is 8.48. The molecule has 1 aromatic heterocycles. The van der Waals surface area contributed by atoms with Crippen LogP contribution in [0.1, 0.15) is 6.92 Å². The highest BCUT2D eigenvalue weighted by atomic mass is 16.7. The van der Waals surface area contributed by atoms with Gasteiger partial charge in [0.25, 0.3) is 0 Å². The van der Waals surface area contributed by atoms with Crippen LogP contribution in [-0.2, 0) is 14.3 Å². The number of phenolic OH excluding ortho intramolecular Hbond substituents is 3. The second kappa shape index (κ2) is 10.8. The van der Waals surface area contributed by atoms with Crippen LogP contribution in [0, 0.1) is 0 Å². The summed E-state index contributed by atoms with van der Waals surface area (Å²) in [6.07, 6.45) is -7.92. The van der Waals surface area contributed by atoms with Gasteiger partial charge in [0.15, 0.2) is 11.5 Å². The molecule has 2 heterocycles. The van der Waals surface area contributed by atoms with Crippen molar-refractivity contribution in [2.24, 2.45) is 0 Å². The lowest BCUT2D eigenvalue weighted by Crippen LogP contribution is -2.60. The quantitative estimate of drug-likeness (QED) is 0.187.